The molecule has 0 amide bonds. The van der Waals surface area contributed by atoms with Gasteiger partial charge in [-0.1, -0.05) is 38.1 Å². The van der Waals surface area contributed by atoms with E-state index in [1.54, 1.807) is 0 Å². The Morgan fingerprint density at radius 1 is 0.968 bits per heavy atom. The molecule has 1 fully saturated rings. The van der Waals surface area contributed by atoms with Gasteiger partial charge in [-0.3, -0.25) is 4.90 Å². The molecule has 1 saturated heterocycles. The SMILES string of the molecule is CC(C)c1ccccc1OCCOCC(O)CN1CCN(c2ccccn2)CC1.Cl.Cl. The second-order valence-electron chi connectivity index (χ2n) is 7.75. The molecule has 1 N–H and O–H groups in total. The van der Waals surface area contributed by atoms with E-state index in [2.05, 4.69) is 34.7 Å². The Bertz CT molecular complexity index is 729. The normalized spacial score (nSPS) is 15.2. The molecule has 1 aromatic carbocycles. The lowest BCUT2D eigenvalue weighted by Gasteiger charge is -2.36. The van der Waals surface area contributed by atoms with Crippen LogP contribution >= 0.6 is 24.8 Å². The third kappa shape index (κ3) is 8.83. The summed E-state index contributed by atoms with van der Waals surface area (Å²) in [4.78, 5) is 8.97. The van der Waals surface area contributed by atoms with Gasteiger partial charge in [-0.15, -0.1) is 24.8 Å². The zero-order valence-corrected chi connectivity index (χ0v) is 20.0. The van der Waals surface area contributed by atoms with Crippen molar-refractivity contribution in [2.75, 3.05) is 57.4 Å². The number of halogens is 2. The molecule has 0 bridgehead atoms. The van der Waals surface area contributed by atoms with Crippen LogP contribution in [0.15, 0.2) is 48.7 Å². The summed E-state index contributed by atoms with van der Waals surface area (Å²) in [5.74, 6) is 2.36. The Balaban J connectivity index is 0.00000240. The molecule has 2 heterocycles. The molecule has 1 aliphatic heterocycles. The molecule has 6 nitrogen and oxygen atoms in total. The van der Waals surface area contributed by atoms with E-state index < -0.39 is 6.10 Å². The minimum absolute atomic E-state index is 0. The molecule has 1 atom stereocenters. The van der Waals surface area contributed by atoms with Crippen molar-refractivity contribution < 1.29 is 14.6 Å². The molecule has 0 radical (unpaired) electrons. The van der Waals surface area contributed by atoms with Crippen molar-refractivity contribution in [3.05, 3.63) is 54.2 Å². The fourth-order valence-corrected chi connectivity index (χ4v) is 3.57. The van der Waals surface area contributed by atoms with Crippen LogP contribution in [-0.2, 0) is 4.74 Å². The summed E-state index contributed by atoms with van der Waals surface area (Å²) in [6, 6.07) is 14.1. The fourth-order valence-electron chi connectivity index (χ4n) is 3.57. The lowest BCUT2D eigenvalue weighted by molar-refractivity contribution is 0.00708. The average molecular weight is 472 g/mol. The van der Waals surface area contributed by atoms with E-state index in [4.69, 9.17) is 9.47 Å². The van der Waals surface area contributed by atoms with Gasteiger partial charge in [0.2, 0.25) is 0 Å². The summed E-state index contributed by atoms with van der Waals surface area (Å²) >= 11 is 0. The summed E-state index contributed by atoms with van der Waals surface area (Å²) in [6.07, 6.45) is 1.34. The van der Waals surface area contributed by atoms with E-state index in [0.717, 1.165) is 37.7 Å². The number of aromatic nitrogens is 1. The number of β-amino-alcohol motifs (C(OH)–C–C–N with tert-alkyl or cyclic N) is 1. The summed E-state index contributed by atoms with van der Waals surface area (Å²) in [6.45, 7) is 9.92. The van der Waals surface area contributed by atoms with Crippen molar-refractivity contribution in [3.63, 3.8) is 0 Å². The van der Waals surface area contributed by atoms with Crippen LogP contribution in [0.1, 0.15) is 25.3 Å². The first-order valence-corrected chi connectivity index (χ1v) is 10.5. The van der Waals surface area contributed by atoms with E-state index in [-0.39, 0.29) is 24.8 Å². The number of pyridine rings is 1. The number of rotatable bonds is 10. The number of para-hydroxylation sites is 1. The van der Waals surface area contributed by atoms with Gasteiger partial charge in [0.15, 0.2) is 0 Å². The largest absolute Gasteiger partial charge is 0.491 e. The number of hydrogen-bond donors (Lipinski definition) is 1. The van der Waals surface area contributed by atoms with Crippen molar-refractivity contribution in [1.82, 2.24) is 9.88 Å². The lowest BCUT2D eigenvalue weighted by atomic mass is 10.0. The van der Waals surface area contributed by atoms with E-state index in [9.17, 15) is 5.11 Å². The average Bonchev–Trinajstić information content (AvgIpc) is 2.75. The highest BCUT2D eigenvalue weighted by Gasteiger charge is 2.20. The van der Waals surface area contributed by atoms with Gasteiger partial charge in [0.05, 0.1) is 19.3 Å². The molecular formula is C23H35Cl2N3O3. The molecule has 2 aromatic rings. The van der Waals surface area contributed by atoms with Crippen LogP contribution in [0.25, 0.3) is 0 Å². The standard InChI is InChI=1S/C23H33N3O3.2ClH/c1-19(2)21-7-3-4-8-22(21)29-16-15-28-18-20(27)17-25-11-13-26(14-12-25)23-9-5-6-10-24-23;;/h3-10,19-20,27H,11-18H2,1-2H3;2*1H. The maximum Gasteiger partial charge on any atom is 0.128 e. The topological polar surface area (TPSA) is 58.1 Å². The van der Waals surface area contributed by atoms with Crippen molar-refractivity contribution >= 4 is 30.6 Å². The molecule has 1 aliphatic rings. The first-order chi connectivity index (χ1) is 14.1. The van der Waals surface area contributed by atoms with Crippen LogP contribution < -0.4 is 9.64 Å². The van der Waals surface area contributed by atoms with Gasteiger partial charge in [0.1, 0.15) is 18.2 Å². The molecule has 1 unspecified atom stereocenters. The Morgan fingerprint density at radius 2 is 1.68 bits per heavy atom. The minimum Gasteiger partial charge on any atom is -0.491 e. The van der Waals surface area contributed by atoms with Crippen LogP contribution in [0, 0.1) is 0 Å². The molecule has 174 valence electrons. The highest BCUT2D eigenvalue weighted by Crippen LogP contribution is 2.25. The molecule has 3 rings (SSSR count). The number of aliphatic hydroxyl groups excluding tert-OH is 1. The Morgan fingerprint density at radius 3 is 2.35 bits per heavy atom. The van der Waals surface area contributed by atoms with Gasteiger partial charge in [-0.2, -0.15) is 0 Å². The summed E-state index contributed by atoms with van der Waals surface area (Å²) in [5, 5.41) is 10.3. The number of ether oxygens (including phenoxy) is 2. The zero-order chi connectivity index (χ0) is 20.5. The smallest absolute Gasteiger partial charge is 0.128 e. The van der Waals surface area contributed by atoms with Crippen molar-refractivity contribution in [2.45, 2.75) is 25.9 Å². The van der Waals surface area contributed by atoms with Crippen molar-refractivity contribution in [1.29, 1.82) is 0 Å². The predicted octanol–water partition coefficient (Wildman–Crippen LogP) is 3.63. The third-order valence-electron chi connectivity index (χ3n) is 5.15. The van der Waals surface area contributed by atoms with Crippen LogP contribution in [-0.4, -0.2) is 73.6 Å². The predicted molar refractivity (Wildman–Crippen MR) is 130 cm³/mol. The number of aliphatic hydroxyl groups is 1. The number of anilines is 1. The van der Waals surface area contributed by atoms with E-state index >= 15 is 0 Å². The Hall–Kier alpha value is -1.57. The highest BCUT2D eigenvalue weighted by atomic mass is 35.5. The first-order valence-electron chi connectivity index (χ1n) is 10.5. The zero-order valence-electron chi connectivity index (χ0n) is 18.4. The highest BCUT2D eigenvalue weighted by molar-refractivity contribution is 5.85. The summed E-state index contributed by atoms with van der Waals surface area (Å²) in [7, 11) is 0. The molecule has 0 spiro atoms. The van der Waals surface area contributed by atoms with Crippen LogP contribution in [0.3, 0.4) is 0 Å². The number of benzene rings is 1. The van der Waals surface area contributed by atoms with Gasteiger partial charge in [0, 0.05) is 38.9 Å². The molecule has 8 heteroatoms. The van der Waals surface area contributed by atoms with Gasteiger partial charge in [0.25, 0.3) is 0 Å². The lowest BCUT2D eigenvalue weighted by Crippen LogP contribution is -2.49. The number of nitrogens with zero attached hydrogens (tertiary/aromatic N) is 3. The van der Waals surface area contributed by atoms with Crippen LogP contribution in [0.5, 0.6) is 5.75 Å². The van der Waals surface area contributed by atoms with Crippen molar-refractivity contribution in [2.24, 2.45) is 0 Å². The molecule has 31 heavy (non-hydrogen) atoms. The van der Waals surface area contributed by atoms with Gasteiger partial charge < -0.3 is 19.5 Å². The molecular weight excluding hydrogens is 437 g/mol. The summed E-state index contributed by atoms with van der Waals surface area (Å²) in [5.41, 5.74) is 1.21. The number of hydrogen-bond acceptors (Lipinski definition) is 6. The van der Waals surface area contributed by atoms with E-state index in [1.807, 2.05) is 42.6 Å². The molecule has 0 saturated carbocycles. The minimum atomic E-state index is -0.487. The summed E-state index contributed by atoms with van der Waals surface area (Å²) < 4.78 is 11.5. The van der Waals surface area contributed by atoms with Crippen LogP contribution in [0.2, 0.25) is 0 Å². The van der Waals surface area contributed by atoms with Gasteiger partial charge >= 0.3 is 0 Å². The fraction of sp³-hybridized carbons (Fsp3) is 0.522. The maximum absolute atomic E-state index is 10.3. The van der Waals surface area contributed by atoms with Gasteiger partial charge in [-0.05, 0) is 29.7 Å². The van der Waals surface area contributed by atoms with Crippen molar-refractivity contribution in [3.8, 4) is 5.75 Å². The van der Waals surface area contributed by atoms with Crippen LogP contribution in [0.4, 0.5) is 5.82 Å². The van der Waals surface area contributed by atoms with E-state index in [1.165, 1.54) is 5.56 Å². The third-order valence-corrected chi connectivity index (χ3v) is 5.15. The van der Waals surface area contributed by atoms with Gasteiger partial charge in [-0.25, -0.2) is 4.98 Å². The van der Waals surface area contributed by atoms with E-state index in [0.29, 0.717) is 32.3 Å². The number of piperazine rings is 1. The molecule has 1 aromatic heterocycles. The Labute approximate surface area is 198 Å². The second-order valence-corrected chi connectivity index (χ2v) is 7.75. The monoisotopic (exact) mass is 471 g/mol. The molecule has 0 aliphatic carbocycles. The maximum atomic E-state index is 10.3. The quantitative estimate of drug-likeness (QED) is 0.533. The Kier molecular flexibility index (Phi) is 12.8. The second kappa shape index (κ2) is 14.5. The first kappa shape index (κ1) is 27.5.